The molecule has 0 unspecified atom stereocenters. The Labute approximate surface area is 138 Å². The average Bonchev–Trinajstić information content (AvgIpc) is 2.75. The first-order chi connectivity index (χ1) is 11.1. The summed E-state index contributed by atoms with van der Waals surface area (Å²) in [6.07, 6.45) is 5.92. The van der Waals surface area contributed by atoms with Crippen molar-refractivity contribution < 1.29 is 9.59 Å². The van der Waals surface area contributed by atoms with E-state index in [1.807, 2.05) is 29.2 Å². The molecule has 0 spiro atoms. The van der Waals surface area contributed by atoms with Crippen LogP contribution in [-0.4, -0.2) is 29.9 Å². The highest BCUT2D eigenvalue weighted by Gasteiger charge is 2.20. The predicted octanol–water partition coefficient (Wildman–Crippen LogP) is 3.15. The Morgan fingerprint density at radius 2 is 2.04 bits per heavy atom. The number of hydrogen-bond donors (Lipinski definition) is 2. The summed E-state index contributed by atoms with van der Waals surface area (Å²) in [5.41, 5.74) is 6.70. The highest BCUT2D eigenvalue weighted by molar-refractivity contribution is 5.91. The molecule has 5 nitrogen and oxygen atoms in total. The van der Waals surface area contributed by atoms with Gasteiger partial charge < -0.3 is 16.0 Å². The third-order valence-electron chi connectivity index (χ3n) is 4.46. The predicted molar refractivity (Wildman–Crippen MR) is 92.2 cm³/mol. The zero-order valence-electron chi connectivity index (χ0n) is 13.9. The van der Waals surface area contributed by atoms with Crippen LogP contribution in [0.1, 0.15) is 44.6 Å². The van der Waals surface area contributed by atoms with Gasteiger partial charge in [-0.05, 0) is 36.8 Å². The number of hydrogen-bond acceptors (Lipinski definition) is 2. The van der Waals surface area contributed by atoms with Crippen LogP contribution in [0.4, 0.5) is 10.5 Å². The Morgan fingerprint density at radius 3 is 2.78 bits per heavy atom. The zero-order chi connectivity index (χ0) is 16.7. The molecular formula is C18H27N3O2. The molecule has 0 radical (unpaired) electrons. The van der Waals surface area contributed by atoms with Crippen LogP contribution in [0, 0.1) is 5.92 Å². The molecule has 1 aliphatic heterocycles. The maximum absolute atomic E-state index is 12.5. The molecule has 1 fully saturated rings. The van der Waals surface area contributed by atoms with Crippen molar-refractivity contribution in [2.45, 2.75) is 45.4 Å². The summed E-state index contributed by atoms with van der Waals surface area (Å²) in [5.74, 6) is 0.337. The summed E-state index contributed by atoms with van der Waals surface area (Å²) >= 11 is 0. The number of amides is 3. The first-order valence-electron chi connectivity index (χ1n) is 8.52. The van der Waals surface area contributed by atoms with Crippen molar-refractivity contribution in [1.29, 1.82) is 0 Å². The van der Waals surface area contributed by atoms with Gasteiger partial charge in [-0.15, -0.1) is 0 Å². The van der Waals surface area contributed by atoms with E-state index in [0.717, 1.165) is 37.4 Å². The number of nitrogens with two attached hydrogens (primary N) is 1. The Balaban J connectivity index is 1.98. The van der Waals surface area contributed by atoms with Crippen LogP contribution >= 0.6 is 0 Å². The second-order valence-corrected chi connectivity index (χ2v) is 6.30. The molecule has 2 rings (SSSR count). The number of benzene rings is 1. The lowest BCUT2D eigenvalue weighted by molar-refractivity contribution is -0.117. The van der Waals surface area contributed by atoms with E-state index in [2.05, 4.69) is 12.2 Å². The number of nitrogens with zero attached hydrogens (tertiary/aromatic N) is 1. The number of carbonyl (C=O) groups is 2. The van der Waals surface area contributed by atoms with Crippen molar-refractivity contribution in [2.75, 3.05) is 18.4 Å². The van der Waals surface area contributed by atoms with Gasteiger partial charge in [0.15, 0.2) is 0 Å². The lowest BCUT2D eigenvalue weighted by atomic mass is 9.96. The van der Waals surface area contributed by atoms with Crippen molar-refractivity contribution >= 4 is 17.6 Å². The number of likely N-dealkylation sites (tertiary alicyclic amines) is 1. The maximum atomic E-state index is 12.5. The van der Waals surface area contributed by atoms with Crippen LogP contribution in [0.25, 0.3) is 0 Å². The van der Waals surface area contributed by atoms with E-state index in [4.69, 9.17) is 5.73 Å². The lowest BCUT2D eigenvalue weighted by Gasteiger charge is -2.22. The largest absolute Gasteiger partial charge is 0.369 e. The van der Waals surface area contributed by atoms with E-state index >= 15 is 0 Å². The number of primary amides is 1. The van der Waals surface area contributed by atoms with Gasteiger partial charge in [0.2, 0.25) is 5.91 Å². The molecule has 3 amide bonds. The van der Waals surface area contributed by atoms with Crippen LogP contribution in [0.3, 0.4) is 0 Å². The fourth-order valence-corrected chi connectivity index (χ4v) is 3.24. The number of rotatable bonds is 5. The highest BCUT2D eigenvalue weighted by Crippen LogP contribution is 2.23. The summed E-state index contributed by atoms with van der Waals surface area (Å²) in [6.45, 7) is 3.81. The van der Waals surface area contributed by atoms with Crippen molar-refractivity contribution in [3.05, 3.63) is 29.8 Å². The number of carbonyl (C=O) groups excluding carboxylic acids is 2. The fraction of sp³-hybridized carbons (Fsp3) is 0.556. The van der Waals surface area contributed by atoms with Gasteiger partial charge in [0.05, 0.1) is 6.42 Å². The van der Waals surface area contributed by atoms with Crippen LogP contribution in [0.15, 0.2) is 24.3 Å². The lowest BCUT2D eigenvalue weighted by Crippen LogP contribution is -2.36. The fourth-order valence-electron chi connectivity index (χ4n) is 3.24. The molecule has 0 bridgehead atoms. The van der Waals surface area contributed by atoms with E-state index in [1.165, 1.54) is 19.3 Å². The Hall–Kier alpha value is -2.04. The molecule has 1 saturated heterocycles. The molecule has 5 heteroatoms. The van der Waals surface area contributed by atoms with Gasteiger partial charge in [-0.3, -0.25) is 4.79 Å². The van der Waals surface area contributed by atoms with Crippen LogP contribution in [0.5, 0.6) is 0 Å². The van der Waals surface area contributed by atoms with E-state index in [9.17, 15) is 9.59 Å². The Bertz CT molecular complexity index is 545. The van der Waals surface area contributed by atoms with Gasteiger partial charge in [-0.2, -0.15) is 0 Å². The normalized spacial score (nSPS) is 18.3. The maximum Gasteiger partial charge on any atom is 0.321 e. The minimum absolute atomic E-state index is 0.0842. The van der Waals surface area contributed by atoms with Crippen LogP contribution in [0.2, 0.25) is 0 Å². The standard InChI is InChI=1S/C18H27N3O2/c1-2-6-14-7-5-11-21(12-10-14)18(23)20-16-9-4-3-8-15(16)13-17(19)22/h3-4,8-9,14H,2,5-7,10-13H2,1H3,(H2,19,22)(H,20,23)/t14-/m0/s1. The topological polar surface area (TPSA) is 75.4 Å². The molecule has 23 heavy (non-hydrogen) atoms. The molecule has 0 saturated carbocycles. The quantitative estimate of drug-likeness (QED) is 0.875. The van der Waals surface area contributed by atoms with Crippen molar-refractivity contribution in [2.24, 2.45) is 11.7 Å². The number of urea groups is 1. The number of nitrogens with one attached hydrogen (secondary N) is 1. The molecule has 1 atom stereocenters. The summed E-state index contributed by atoms with van der Waals surface area (Å²) in [6, 6.07) is 7.24. The van der Waals surface area contributed by atoms with E-state index in [1.54, 1.807) is 0 Å². The van der Waals surface area contributed by atoms with Crippen LogP contribution < -0.4 is 11.1 Å². The van der Waals surface area contributed by atoms with E-state index in [-0.39, 0.29) is 12.5 Å². The Morgan fingerprint density at radius 1 is 1.26 bits per heavy atom. The summed E-state index contributed by atoms with van der Waals surface area (Å²) < 4.78 is 0. The molecule has 126 valence electrons. The number of para-hydroxylation sites is 1. The van der Waals surface area contributed by atoms with Gasteiger partial charge in [0.25, 0.3) is 0 Å². The van der Waals surface area contributed by atoms with Gasteiger partial charge in [0.1, 0.15) is 0 Å². The molecular weight excluding hydrogens is 290 g/mol. The molecule has 1 aliphatic rings. The smallest absolute Gasteiger partial charge is 0.321 e. The first kappa shape index (κ1) is 17.3. The second-order valence-electron chi connectivity index (χ2n) is 6.30. The van der Waals surface area contributed by atoms with Crippen LogP contribution in [-0.2, 0) is 11.2 Å². The van der Waals surface area contributed by atoms with E-state index < -0.39 is 5.91 Å². The second kappa shape index (κ2) is 8.56. The van der Waals surface area contributed by atoms with Gasteiger partial charge >= 0.3 is 6.03 Å². The minimum atomic E-state index is -0.399. The molecule has 0 aliphatic carbocycles. The molecule has 3 N–H and O–H groups in total. The number of anilines is 1. The highest BCUT2D eigenvalue weighted by atomic mass is 16.2. The molecule has 1 aromatic rings. The minimum Gasteiger partial charge on any atom is -0.369 e. The molecule has 0 aromatic heterocycles. The zero-order valence-corrected chi connectivity index (χ0v) is 13.9. The van der Waals surface area contributed by atoms with Crippen molar-refractivity contribution in [3.63, 3.8) is 0 Å². The summed E-state index contributed by atoms with van der Waals surface area (Å²) in [7, 11) is 0. The third-order valence-corrected chi connectivity index (χ3v) is 4.46. The third kappa shape index (κ3) is 5.27. The Kier molecular flexibility index (Phi) is 6.44. The van der Waals surface area contributed by atoms with Crippen molar-refractivity contribution in [1.82, 2.24) is 4.90 Å². The SMILES string of the molecule is CCC[C@H]1CCCN(C(=O)Nc2ccccc2CC(N)=O)CC1. The van der Waals surface area contributed by atoms with Crippen molar-refractivity contribution in [3.8, 4) is 0 Å². The molecule has 1 aromatic carbocycles. The monoisotopic (exact) mass is 317 g/mol. The average molecular weight is 317 g/mol. The van der Waals surface area contributed by atoms with Gasteiger partial charge in [-0.1, -0.05) is 38.0 Å². The van der Waals surface area contributed by atoms with E-state index in [0.29, 0.717) is 5.69 Å². The van der Waals surface area contributed by atoms with Gasteiger partial charge in [0, 0.05) is 18.8 Å². The van der Waals surface area contributed by atoms with Gasteiger partial charge in [-0.25, -0.2) is 4.79 Å². The summed E-state index contributed by atoms with van der Waals surface area (Å²) in [5, 5.41) is 2.94. The first-order valence-corrected chi connectivity index (χ1v) is 8.52. The summed E-state index contributed by atoms with van der Waals surface area (Å²) in [4.78, 5) is 25.6. The molecule has 1 heterocycles.